The van der Waals surface area contributed by atoms with Crippen LogP contribution in [-0.4, -0.2) is 32.5 Å². The van der Waals surface area contributed by atoms with Crippen LogP contribution in [0.15, 0.2) is 17.1 Å². The molecule has 150 valence electrons. The summed E-state index contributed by atoms with van der Waals surface area (Å²) in [6.07, 6.45) is 9.74. The minimum atomic E-state index is -0.0858. The van der Waals surface area contributed by atoms with Crippen molar-refractivity contribution in [3.8, 4) is 0 Å². The second kappa shape index (κ2) is 7.77. The summed E-state index contributed by atoms with van der Waals surface area (Å²) >= 11 is 0. The number of nitrogens with two attached hydrogens (primary N) is 1. The fraction of sp³-hybridized carbons (Fsp3) is 0.600. The Morgan fingerprint density at radius 3 is 2.50 bits per heavy atom. The van der Waals surface area contributed by atoms with Gasteiger partial charge in [0.2, 0.25) is 11.9 Å². The average Bonchev–Trinajstić information content (AvgIpc) is 3.17. The summed E-state index contributed by atoms with van der Waals surface area (Å²) in [5.41, 5.74) is 7.03. The molecule has 2 saturated carbocycles. The van der Waals surface area contributed by atoms with Crippen LogP contribution in [0.3, 0.4) is 0 Å². The Hall–Kier alpha value is -2.64. The van der Waals surface area contributed by atoms with Crippen molar-refractivity contribution in [1.29, 1.82) is 0 Å². The molecule has 8 nitrogen and oxygen atoms in total. The Morgan fingerprint density at radius 1 is 1.14 bits per heavy atom. The molecule has 0 aliphatic heterocycles. The number of nitrogens with one attached hydrogen (secondary N) is 2. The smallest absolute Gasteiger partial charge is 0.254 e. The van der Waals surface area contributed by atoms with Gasteiger partial charge in [-0.15, -0.1) is 0 Å². The number of aromatic nitrogens is 3. The number of hydrogen-bond donors (Lipinski definition) is 3. The first-order valence-electron chi connectivity index (χ1n) is 10.2. The topological polar surface area (TPSA) is 115 Å². The zero-order valence-corrected chi connectivity index (χ0v) is 16.3. The fourth-order valence-electron chi connectivity index (χ4n) is 4.58. The summed E-state index contributed by atoms with van der Waals surface area (Å²) in [5, 5.41) is 7.13. The summed E-state index contributed by atoms with van der Waals surface area (Å²) in [6.45, 7) is 1.56. The molecule has 0 unspecified atom stereocenters. The first kappa shape index (κ1) is 18.7. The summed E-state index contributed by atoms with van der Waals surface area (Å²) in [5.74, 6) is 0.559. The van der Waals surface area contributed by atoms with Crippen LogP contribution in [0.4, 0.5) is 11.6 Å². The summed E-state index contributed by atoms with van der Waals surface area (Å²) in [6, 6.07) is 2.18. The zero-order chi connectivity index (χ0) is 19.7. The fourth-order valence-corrected chi connectivity index (χ4v) is 4.58. The van der Waals surface area contributed by atoms with Gasteiger partial charge in [-0.3, -0.25) is 14.2 Å². The Kier molecular flexibility index (Phi) is 5.19. The van der Waals surface area contributed by atoms with Crippen LogP contribution < -0.4 is 21.9 Å². The SMILES string of the molecule is CC(=O)N[C@H]1CC[C@@H](Nc2ncc3c(N)cc(=O)n(C4CCCC4)c3n2)CC1. The van der Waals surface area contributed by atoms with E-state index in [1.807, 2.05) is 0 Å². The molecule has 2 fully saturated rings. The lowest BCUT2D eigenvalue weighted by Gasteiger charge is -2.29. The van der Waals surface area contributed by atoms with E-state index >= 15 is 0 Å². The van der Waals surface area contributed by atoms with Crippen molar-refractivity contribution in [2.24, 2.45) is 0 Å². The molecule has 0 radical (unpaired) electrons. The Labute approximate surface area is 163 Å². The van der Waals surface area contributed by atoms with Gasteiger partial charge < -0.3 is 16.4 Å². The highest BCUT2D eigenvalue weighted by atomic mass is 16.1. The molecule has 2 aliphatic rings. The van der Waals surface area contributed by atoms with Crippen LogP contribution in [0.1, 0.15) is 64.3 Å². The monoisotopic (exact) mass is 384 g/mol. The maximum Gasteiger partial charge on any atom is 0.254 e. The molecular formula is C20H28N6O2. The maximum atomic E-state index is 12.6. The van der Waals surface area contributed by atoms with E-state index < -0.39 is 0 Å². The molecule has 0 bridgehead atoms. The van der Waals surface area contributed by atoms with Gasteiger partial charge in [-0.2, -0.15) is 4.98 Å². The minimum Gasteiger partial charge on any atom is -0.398 e. The molecule has 8 heteroatoms. The molecule has 4 N–H and O–H groups in total. The quantitative estimate of drug-likeness (QED) is 0.745. The summed E-state index contributed by atoms with van der Waals surface area (Å²) in [7, 11) is 0. The van der Waals surface area contributed by atoms with Crippen molar-refractivity contribution < 1.29 is 4.79 Å². The molecular weight excluding hydrogens is 356 g/mol. The van der Waals surface area contributed by atoms with Gasteiger partial charge in [-0.25, -0.2) is 4.98 Å². The van der Waals surface area contributed by atoms with Crippen LogP contribution in [0, 0.1) is 0 Å². The highest BCUT2D eigenvalue weighted by Gasteiger charge is 2.24. The van der Waals surface area contributed by atoms with E-state index in [1.54, 1.807) is 17.7 Å². The molecule has 2 aromatic rings. The molecule has 4 rings (SSSR count). The molecule has 2 aliphatic carbocycles. The maximum absolute atomic E-state index is 12.6. The lowest BCUT2D eigenvalue weighted by Crippen LogP contribution is -2.39. The number of pyridine rings is 1. The predicted molar refractivity (Wildman–Crippen MR) is 109 cm³/mol. The molecule has 2 heterocycles. The number of anilines is 2. The third-order valence-electron chi connectivity index (χ3n) is 5.98. The van der Waals surface area contributed by atoms with Crippen LogP contribution in [0.25, 0.3) is 11.0 Å². The van der Waals surface area contributed by atoms with E-state index in [2.05, 4.69) is 15.6 Å². The van der Waals surface area contributed by atoms with Gasteiger partial charge in [0.25, 0.3) is 5.56 Å². The molecule has 0 atom stereocenters. The van der Waals surface area contributed by atoms with E-state index in [0.717, 1.165) is 56.8 Å². The summed E-state index contributed by atoms with van der Waals surface area (Å²) < 4.78 is 1.80. The van der Waals surface area contributed by atoms with Crippen molar-refractivity contribution in [3.63, 3.8) is 0 Å². The lowest BCUT2D eigenvalue weighted by molar-refractivity contribution is -0.119. The van der Waals surface area contributed by atoms with Gasteiger partial charge in [0.15, 0.2) is 5.65 Å². The number of amides is 1. The largest absolute Gasteiger partial charge is 0.398 e. The minimum absolute atomic E-state index is 0.0248. The first-order valence-corrected chi connectivity index (χ1v) is 10.2. The van der Waals surface area contributed by atoms with E-state index in [0.29, 0.717) is 17.3 Å². The van der Waals surface area contributed by atoms with Gasteiger partial charge in [0.1, 0.15) is 0 Å². The number of rotatable bonds is 4. The molecule has 0 aromatic carbocycles. The normalized spacial score (nSPS) is 23.0. The summed E-state index contributed by atoms with van der Waals surface area (Å²) in [4.78, 5) is 33.0. The van der Waals surface area contributed by atoms with Crippen LogP contribution in [0.5, 0.6) is 0 Å². The highest BCUT2D eigenvalue weighted by molar-refractivity contribution is 5.87. The third kappa shape index (κ3) is 3.81. The number of hydrogen-bond acceptors (Lipinski definition) is 6. The lowest BCUT2D eigenvalue weighted by atomic mass is 9.91. The number of nitrogens with zero attached hydrogens (tertiary/aromatic N) is 3. The van der Waals surface area contributed by atoms with E-state index in [4.69, 9.17) is 10.7 Å². The Morgan fingerprint density at radius 2 is 1.82 bits per heavy atom. The van der Waals surface area contributed by atoms with Gasteiger partial charge in [-0.1, -0.05) is 12.8 Å². The van der Waals surface area contributed by atoms with Gasteiger partial charge >= 0.3 is 0 Å². The van der Waals surface area contributed by atoms with Crippen molar-refractivity contribution in [2.45, 2.75) is 76.4 Å². The average molecular weight is 384 g/mol. The first-order chi connectivity index (χ1) is 13.5. The molecule has 28 heavy (non-hydrogen) atoms. The van der Waals surface area contributed by atoms with Gasteiger partial charge in [0, 0.05) is 43.0 Å². The van der Waals surface area contributed by atoms with Crippen LogP contribution >= 0.6 is 0 Å². The van der Waals surface area contributed by atoms with Gasteiger partial charge in [0.05, 0.1) is 5.39 Å². The van der Waals surface area contributed by atoms with Gasteiger partial charge in [-0.05, 0) is 38.5 Å². The standard InChI is InChI=1S/C20H28N6O2/c1-12(27)23-13-6-8-14(9-7-13)24-20-22-11-16-17(21)10-18(28)26(19(16)25-20)15-4-2-3-5-15/h10-11,13-15H,2-9,21H2,1H3,(H,23,27)(H,22,24,25)/t13-,14+. The number of carbonyl (C=O) groups excluding carboxylic acids is 1. The third-order valence-corrected chi connectivity index (χ3v) is 5.98. The second-order valence-corrected chi connectivity index (χ2v) is 8.07. The number of carbonyl (C=O) groups is 1. The van der Waals surface area contributed by atoms with E-state index in [1.165, 1.54) is 6.07 Å². The van der Waals surface area contributed by atoms with Crippen molar-refractivity contribution in [2.75, 3.05) is 11.1 Å². The van der Waals surface area contributed by atoms with Crippen molar-refractivity contribution in [1.82, 2.24) is 19.9 Å². The zero-order valence-electron chi connectivity index (χ0n) is 16.3. The molecule has 0 saturated heterocycles. The van der Waals surface area contributed by atoms with Crippen LogP contribution in [-0.2, 0) is 4.79 Å². The number of fused-ring (bicyclic) bond motifs is 1. The Balaban J connectivity index is 1.57. The highest BCUT2D eigenvalue weighted by Crippen LogP contribution is 2.31. The predicted octanol–water partition coefficient (Wildman–Crippen LogP) is 2.35. The molecule has 2 aromatic heterocycles. The van der Waals surface area contributed by atoms with Crippen molar-refractivity contribution in [3.05, 3.63) is 22.6 Å². The molecule has 0 spiro atoms. The van der Waals surface area contributed by atoms with Crippen LogP contribution in [0.2, 0.25) is 0 Å². The van der Waals surface area contributed by atoms with Crippen molar-refractivity contribution >= 4 is 28.6 Å². The van der Waals surface area contributed by atoms with E-state index in [9.17, 15) is 9.59 Å². The number of nitrogen functional groups attached to an aromatic ring is 1. The second-order valence-electron chi connectivity index (χ2n) is 8.07. The van der Waals surface area contributed by atoms with E-state index in [-0.39, 0.29) is 29.6 Å². The Bertz CT molecular complexity index is 926. The molecule has 1 amide bonds.